The van der Waals surface area contributed by atoms with Crippen LogP contribution in [0.15, 0.2) is 0 Å². The zero-order valence-corrected chi connectivity index (χ0v) is 8.53. The first-order chi connectivity index (χ1) is 6.59. The van der Waals surface area contributed by atoms with Gasteiger partial charge in [-0.05, 0) is 13.8 Å². The molecule has 0 saturated carbocycles. The van der Waals surface area contributed by atoms with E-state index in [1.807, 2.05) is 13.8 Å². The Labute approximate surface area is 83.4 Å². The van der Waals surface area contributed by atoms with E-state index in [0.29, 0.717) is 13.2 Å². The average molecular weight is 203 g/mol. The number of ether oxygens (including phenoxy) is 2. The van der Waals surface area contributed by atoms with E-state index in [9.17, 15) is 4.79 Å². The van der Waals surface area contributed by atoms with Gasteiger partial charge in [0.15, 0.2) is 0 Å². The molecule has 0 bridgehead atoms. The lowest BCUT2D eigenvalue weighted by Crippen LogP contribution is -2.51. The molecule has 2 N–H and O–H groups in total. The highest BCUT2D eigenvalue weighted by molar-refractivity contribution is 5.73. The molecule has 1 heterocycles. The van der Waals surface area contributed by atoms with Gasteiger partial charge in [0.05, 0.1) is 25.4 Å². The van der Waals surface area contributed by atoms with E-state index in [-0.39, 0.29) is 18.8 Å². The first-order valence-electron chi connectivity index (χ1n) is 4.79. The second-order valence-electron chi connectivity index (χ2n) is 3.64. The van der Waals surface area contributed by atoms with E-state index >= 15 is 0 Å². The van der Waals surface area contributed by atoms with Crippen molar-refractivity contribution in [2.24, 2.45) is 0 Å². The Morgan fingerprint density at radius 2 is 2.43 bits per heavy atom. The standard InChI is InChI=1S/C9H17NO4/c1-6(2)13-4-7-3-10-8(5-14-7)9(11)12/h6-8,10H,3-5H2,1-2H3,(H,11,12). The summed E-state index contributed by atoms with van der Waals surface area (Å²) in [5.41, 5.74) is 0. The molecule has 1 fully saturated rings. The van der Waals surface area contributed by atoms with Crippen molar-refractivity contribution in [1.29, 1.82) is 0 Å². The fourth-order valence-corrected chi connectivity index (χ4v) is 1.19. The van der Waals surface area contributed by atoms with Crippen molar-refractivity contribution < 1.29 is 19.4 Å². The molecule has 0 radical (unpaired) electrons. The van der Waals surface area contributed by atoms with Crippen LogP contribution in [0.25, 0.3) is 0 Å². The normalized spacial score (nSPS) is 27.9. The van der Waals surface area contributed by atoms with Crippen molar-refractivity contribution in [3.63, 3.8) is 0 Å². The van der Waals surface area contributed by atoms with Gasteiger partial charge in [0.1, 0.15) is 6.04 Å². The van der Waals surface area contributed by atoms with Crippen LogP contribution in [0.5, 0.6) is 0 Å². The summed E-state index contributed by atoms with van der Waals surface area (Å²) in [6, 6.07) is -0.578. The molecule has 0 aromatic heterocycles. The van der Waals surface area contributed by atoms with Gasteiger partial charge in [0, 0.05) is 6.54 Å². The maximum absolute atomic E-state index is 10.6. The highest BCUT2D eigenvalue weighted by Crippen LogP contribution is 2.03. The summed E-state index contributed by atoms with van der Waals surface area (Å²) in [5, 5.41) is 11.6. The monoisotopic (exact) mass is 203 g/mol. The molecule has 5 heteroatoms. The predicted octanol–water partition coefficient (Wildman–Crippen LogP) is -0.147. The second-order valence-corrected chi connectivity index (χ2v) is 3.64. The summed E-state index contributed by atoms with van der Waals surface area (Å²) in [4.78, 5) is 10.6. The molecule has 14 heavy (non-hydrogen) atoms. The number of rotatable bonds is 4. The number of hydrogen-bond donors (Lipinski definition) is 2. The Kier molecular flexibility index (Phi) is 4.31. The number of carboxylic acid groups (broad SMARTS) is 1. The number of carbonyl (C=O) groups is 1. The molecular weight excluding hydrogens is 186 g/mol. The maximum Gasteiger partial charge on any atom is 0.323 e. The van der Waals surface area contributed by atoms with E-state index in [4.69, 9.17) is 14.6 Å². The van der Waals surface area contributed by atoms with E-state index in [2.05, 4.69) is 5.32 Å². The van der Waals surface area contributed by atoms with E-state index in [0.717, 1.165) is 0 Å². The first kappa shape index (κ1) is 11.4. The molecular formula is C9H17NO4. The molecule has 0 aliphatic carbocycles. The van der Waals surface area contributed by atoms with Crippen molar-refractivity contribution in [1.82, 2.24) is 5.32 Å². The number of morpholine rings is 1. The Morgan fingerprint density at radius 1 is 1.71 bits per heavy atom. The van der Waals surface area contributed by atoms with Gasteiger partial charge in [-0.1, -0.05) is 0 Å². The van der Waals surface area contributed by atoms with E-state index in [1.54, 1.807) is 0 Å². The van der Waals surface area contributed by atoms with Gasteiger partial charge in [-0.3, -0.25) is 10.1 Å². The SMILES string of the molecule is CC(C)OCC1CNC(C(=O)O)CO1. The molecule has 0 aromatic rings. The summed E-state index contributed by atoms with van der Waals surface area (Å²) >= 11 is 0. The second kappa shape index (κ2) is 5.29. The van der Waals surface area contributed by atoms with Crippen LogP contribution in [0.3, 0.4) is 0 Å². The molecule has 0 amide bonds. The molecule has 82 valence electrons. The summed E-state index contributed by atoms with van der Waals surface area (Å²) in [5.74, 6) is -0.867. The van der Waals surface area contributed by atoms with Crippen LogP contribution in [0, 0.1) is 0 Å². The van der Waals surface area contributed by atoms with Crippen LogP contribution >= 0.6 is 0 Å². The Hall–Kier alpha value is -0.650. The van der Waals surface area contributed by atoms with Gasteiger partial charge in [0.25, 0.3) is 0 Å². The lowest BCUT2D eigenvalue weighted by Gasteiger charge is -2.28. The van der Waals surface area contributed by atoms with Gasteiger partial charge < -0.3 is 14.6 Å². The predicted molar refractivity (Wildman–Crippen MR) is 50.3 cm³/mol. The van der Waals surface area contributed by atoms with Crippen LogP contribution in [-0.4, -0.2) is 49.1 Å². The molecule has 0 spiro atoms. The number of aliphatic carboxylic acids is 1. The minimum absolute atomic E-state index is 0.0343. The van der Waals surface area contributed by atoms with E-state index in [1.165, 1.54) is 0 Å². The van der Waals surface area contributed by atoms with Crippen LogP contribution in [0.4, 0.5) is 0 Å². The van der Waals surface area contributed by atoms with Crippen molar-refractivity contribution in [2.75, 3.05) is 19.8 Å². The largest absolute Gasteiger partial charge is 0.480 e. The van der Waals surface area contributed by atoms with Crippen LogP contribution in [-0.2, 0) is 14.3 Å². The molecule has 2 atom stereocenters. The molecule has 0 aromatic carbocycles. The smallest absolute Gasteiger partial charge is 0.323 e. The molecule has 1 aliphatic heterocycles. The van der Waals surface area contributed by atoms with Crippen molar-refractivity contribution in [3.05, 3.63) is 0 Å². The lowest BCUT2D eigenvalue weighted by molar-refractivity contribution is -0.145. The van der Waals surface area contributed by atoms with Gasteiger partial charge in [0.2, 0.25) is 0 Å². The zero-order valence-electron chi connectivity index (χ0n) is 8.53. The molecule has 5 nitrogen and oxygen atoms in total. The number of hydrogen-bond acceptors (Lipinski definition) is 4. The van der Waals surface area contributed by atoms with Crippen molar-refractivity contribution >= 4 is 5.97 Å². The molecule has 1 saturated heterocycles. The summed E-state index contributed by atoms with van der Waals surface area (Å²) < 4.78 is 10.7. The minimum atomic E-state index is -0.867. The number of carboxylic acids is 1. The van der Waals surface area contributed by atoms with Crippen molar-refractivity contribution in [2.45, 2.75) is 32.1 Å². The lowest BCUT2D eigenvalue weighted by atomic mass is 10.2. The maximum atomic E-state index is 10.6. The van der Waals surface area contributed by atoms with Crippen molar-refractivity contribution in [3.8, 4) is 0 Å². The Morgan fingerprint density at radius 3 is 2.86 bits per heavy atom. The highest BCUT2D eigenvalue weighted by atomic mass is 16.5. The Bertz CT molecular complexity index is 187. The van der Waals surface area contributed by atoms with Crippen LogP contribution < -0.4 is 5.32 Å². The molecule has 1 aliphatic rings. The van der Waals surface area contributed by atoms with Gasteiger partial charge >= 0.3 is 5.97 Å². The minimum Gasteiger partial charge on any atom is -0.480 e. The Balaban J connectivity index is 2.19. The number of nitrogens with one attached hydrogen (secondary N) is 1. The van der Waals surface area contributed by atoms with Gasteiger partial charge in [-0.25, -0.2) is 0 Å². The summed E-state index contributed by atoms with van der Waals surface area (Å²) in [7, 11) is 0. The third-order valence-electron chi connectivity index (χ3n) is 2.00. The third kappa shape index (κ3) is 3.61. The average Bonchev–Trinajstić information content (AvgIpc) is 2.15. The molecule has 2 unspecified atom stereocenters. The quantitative estimate of drug-likeness (QED) is 0.665. The third-order valence-corrected chi connectivity index (χ3v) is 2.00. The van der Waals surface area contributed by atoms with Crippen LogP contribution in [0.2, 0.25) is 0 Å². The summed E-state index contributed by atoms with van der Waals surface area (Å²) in [6.45, 7) is 5.16. The topological polar surface area (TPSA) is 67.8 Å². The fraction of sp³-hybridized carbons (Fsp3) is 0.889. The first-order valence-corrected chi connectivity index (χ1v) is 4.79. The van der Waals surface area contributed by atoms with Gasteiger partial charge in [-0.2, -0.15) is 0 Å². The summed E-state index contributed by atoms with van der Waals surface area (Å²) in [6.07, 6.45) is 0.142. The van der Waals surface area contributed by atoms with Gasteiger partial charge in [-0.15, -0.1) is 0 Å². The van der Waals surface area contributed by atoms with E-state index < -0.39 is 12.0 Å². The van der Waals surface area contributed by atoms with Crippen LogP contribution in [0.1, 0.15) is 13.8 Å². The highest BCUT2D eigenvalue weighted by Gasteiger charge is 2.25. The fourth-order valence-electron chi connectivity index (χ4n) is 1.19. The molecule has 1 rings (SSSR count). The zero-order chi connectivity index (χ0) is 10.6.